The zero-order valence-corrected chi connectivity index (χ0v) is 8.23. The van der Waals surface area contributed by atoms with Gasteiger partial charge in [0.1, 0.15) is 6.61 Å². The van der Waals surface area contributed by atoms with Crippen molar-refractivity contribution in [1.82, 2.24) is 4.90 Å². The zero-order valence-electron chi connectivity index (χ0n) is 8.23. The van der Waals surface area contributed by atoms with Gasteiger partial charge in [0.2, 0.25) is 5.91 Å². The summed E-state index contributed by atoms with van der Waals surface area (Å²) < 4.78 is 4.89. The van der Waals surface area contributed by atoms with Gasteiger partial charge in [-0.1, -0.05) is 0 Å². The van der Waals surface area contributed by atoms with E-state index in [-0.39, 0.29) is 12.5 Å². The largest absolute Gasteiger partial charge is 0.479 e. The van der Waals surface area contributed by atoms with Crippen LogP contribution in [0.2, 0.25) is 0 Å². The van der Waals surface area contributed by atoms with Gasteiger partial charge < -0.3 is 14.7 Å². The van der Waals surface area contributed by atoms with E-state index in [2.05, 4.69) is 0 Å². The summed E-state index contributed by atoms with van der Waals surface area (Å²) in [5.41, 5.74) is 0. The van der Waals surface area contributed by atoms with Gasteiger partial charge in [-0.05, 0) is 19.8 Å². The molecule has 1 aliphatic rings. The van der Waals surface area contributed by atoms with E-state index in [1.165, 1.54) is 6.92 Å². The van der Waals surface area contributed by atoms with Gasteiger partial charge in [-0.3, -0.25) is 4.79 Å². The van der Waals surface area contributed by atoms with Gasteiger partial charge in [-0.15, -0.1) is 0 Å². The standard InChI is InChI=1S/C9H15NO4/c1-7(9(12)13)14-6-8(11)10-4-2-3-5-10/h7H,2-6H2,1H3,(H,12,13). The van der Waals surface area contributed by atoms with E-state index in [9.17, 15) is 9.59 Å². The predicted octanol–water partition coefficient (Wildman–Crippen LogP) is 0.0985. The molecule has 1 N–H and O–H groups in total. The second-order valence-electron chi connectivity index (χ2n) is 3.38. The Morgan fingerprint density at radius 2 is 2.00 bits per heavy atom. The van der Waals surface area contributed by atoms with Crippen LogP contribution in [0.1, 0.15) is 19.8 Å². The number of amides is 1. The molecule has 1 aliphatic heterocycles. The molecule has 1 rings (SSSR count). The average molecular weight is 201 g/mol. The molecule has 1 unspecified atom stereocenters. The van der Waals surface area contributed by atoms with Crippen molar-refractivity contribution in [2.24, 2.45) is 0 Å². The van der Waals surface area contributed by atoms with Crippen LogP contribution in [0.5, 0.6) is 0 Å². The zero-order chi connectivity index (χ0) is 10.6. The first kappa shape index (κ1) is 11.0. The normalized spacial score (nSPS) is 18.2. The van der Waals surface area contributed by atoms with Crippen LogP contribution in [0, 0.1) is 0 Å². The van der Waals surface area contributed by atoms with Crippen molar-refractivity contribution in [2.75, 3.05) is 19.7 Å². The number of likely N-dealkylation sites (tertiary alicyclic amines) is 1. The first-order valence-corrected chi connectivity index (χ1v) is 4.73. The van der Waals surface area contributed by atoms with Crippen LogP contribution in [-0.2, 0) is 14.3 Å². The van der Waals surface area contributed by atoms with Crippen molar-refractivity contribution >= 4 is 11.9 Å². The van der Waals surface area contributed by atoms with E-state index in [4.69, 9.17) is 9.84 Å². The Labute approximate surface area is 82.6 Å². The Hall–Kier alpha value is -1.10. The summed E-state index contributed by atoms with van der Waals surface area (Å²) in [5, 5.41) is 8.51. The molecule has 0 aromatic heterocycles. The molecule has 5 nitrogen and oxygen atoms in total. The van der Waals surface area contributed by atoms with Crippen LogP contribution in [0.15, 0.2) is 0 Å². The molecular weight excluding hydrogens is 186 g/mol. The van der Waals surface area contributed by atoms with Crippen LogP contribution in [0.3, 0.4) is 0 Å². The minimum Gasteiger partial charge on any atom is -0.479 e. The number of nitrogens with zero attached hydrogens (tertiary/aromatic N) is 1. The van der Waals surface area contributed by atoms with Crippen LogP contribution in [-0.4, -0.2) is 47.7 Å². The number of hydrogen-bond donors (Lipinski definition) is 1. The van der Waals surface area contributed by atoms with E-state index < -0.39 is 12.1 Å². The number of aliphatic carboxylic acids is 1. The SMILES string of the molecule is CC(OCC(=O)N1CCCC1)C(=O)O. The van der Waals surface area contributed by atoms with Crippen molar-refractivity contribution in [3.05, 3.63) is 0 Å². The van der Waals surface area contributed by atoms with Crippen molar-refractivity contribution in [3.8, 4) is 0 Å². The number of rotatable bonds is 4. The van der Waals surface area contributed by atoms with Gasteiger partial charge in [0.05, 0.1) is 0 Å². The predicted molar refractivity (Wildman–Crippen MR) is 48.9 cm³/mol. The topological polar surface area (TPSA) is 66.8 Å². The van der Waals surface area contributed by atoms with Crippen LogP contribution >= 0.6 is 0 Å². The van der Waals surface area contributed by atoms with Crippen molar-refractivity contribution in [3.63, 3.8) is 0 Å². The highest BCUT2D eigenvalue weighted by molar-refractivity contribution is 5.78. The monoisotopic (exact) mass is 201 g/mol. The fourth-order valence-electron chi connectivity index (χ4n) is 1.33. The number of hydrogen-bond acceptors (Lipinski definition) is 3. The van der Waals surface area contributed by atoms with Gasteiger partial charge in [-0.2, -0.15) is 0 Å². The molecule has 1 fully saturated rings. The summed E-state index contributed by atoms with van der Waals surface area (Å²) in [7, 11) is 0. The molecule has 5 heteroatoms. The summed E-state index contributed by atoms with van der Waals surface area (Å²) in [6, 6.07) is 0. The Bertz CT molecular complexity index is 223. The quantitative estimate of drug-likeness (QED) is 0.700. The molecule has 14 heavy (non-hydrogen) atoms. The molecule has 0 spiro atoms. The maximum atomic E-state index is 11.4. The lowest BCUT2D eigenvalue weighted by Crippen LogP contribution is -2.33. The maximum absolute atomic E-state index is 11.4. The summed E-state index contributed by atoms with van der Waals surface area (Å²) in [4.78, 5) is 23.5. The third-order valence-corrected chi connectivity index (χ3v) is 2.26. The van der Waals surface area contributed by atoms with Crippen LogP contribution < -0.4 is 0 Å². The lowest BCUT2D eigenvalue weighted by Gasteiger charge is -2.16. The van der Waals surface area contributed by atoms with Gasteiger partial charge >= 0.3 is 5.97 Å². The first-order chi connectivity index (χ1) is 6.61. The third-order valence-electron chi connectivity index (χ3n) is 2.26. The number of carboxylic acids is 1. The maximum Gasteiger partial charge on any atom is 0.332 e. The van der Waals surface area contributed by atoms with Gasteiger partial charge in [0, 0.05) is 13.1 Å². The second-order valence-corrected chi connectivity index (χ2v) is 3.38. The van der Waals surface area contributed by atoms with Crippen LogP contribution in [0.25, 0.3) is 0 Å². The minimum absolute atomic E-state index is 0.115. The van der Waals surface area contributed by atoms with E-state index in [1.807, 2.05) is 0 Å². The molecule has 0 bridgehead atoms. The lowest BCUT2D eigenvalue weighted by molar-refractivity contribution is -0.152. The molecular formula is C9H15NO4. The van der Waals surface area contributed by atoms with E-state index >= 15 is 0 Å². The molecule has 1 saturated heterocycles. The third kappa shape index (κ3) is 2.99. The summed E-state index contributed by atoms with van der Waals surface area (Å²) >= 11 is 0. The van der Waals surface area contributed by atoms with Crippen molar-refractivity contribution < 1.29 is 19.4 Å². The van der Waals surface area contributed by atoms with Gasteiger partial charge in [-0.25, -0.2) is 4.79 Å². The van der Waals surface area contributed by atoms with Crippen LogP contribution in [0.4, 0.5) is 0 Å². The Morgan fingerprint density at radius 1 is 1.43 bits per heavy atom. The fourth-order valence-corrected chi connectivity index (χ4v) is 1.33. The van der Waals surface area contributed by atoms with E-state index in [0.717, 1.165) is 25.9 Å². The number of carbonyl (C=O) groups excluding carboxylic acids is 1. The number of carboxylic acid groups (broad SMARTS) is 1. The summed E-state index contributed by atoms with van der Waals surface area (Å²) in [6.45, 7) is 2.82. The Morgan fingerprint density at radius 3 is 2.50 bits per heavy atom. The first-order valence-electron chi connectivity index (χ1n) is 4.73. The number of ether oxygens (including phenoxy) is 1. The average Bonchev–Trinajstić information content (AvgIpc) is 2.66. The molecule has 1 amide bonds. The smallest absolute Gasteiger partial charge is 0.332 e. The fraction of sp³-hybridized carbons (Fsp3) is 0.778. The van der Waals surface area contributed by atoms with E-state index in [1.54, 1.807) is 4.90 Å². The van der Waals surface area contributed by atoms with Gasteiger partial charge in [0.25, 0.3) is 0 Å². The van der Waals surface area contributed by atoms with Crippen molar-refractivity contribution in [1.29, 1.82) is 0 Å². The lowest BCUT2D eigenvalue weighted by atomic mass is 10.4. The highest BCUT2D eigenvalue weighted by Gasteiger charge is 2.20. The molecule has 1 heterocycles. The minimum atomic E-state index is -1.04. The van der Waals surface area contributed by atoms with E-state index in [0.29, 0.717) is 0 Å². The molecule has 1 atom stereocenters. The molecule has 80 valence electrons. The molecule has 0 saturated carbocycles. The Balaban J connectivity index is 2.23. The molecule has 0 radical (unpaired) electrons. The van der Waals surface area contributed by atoms with Gasteiger partial charge in [0.15, 0.2) is 6.10 Å². The van der Waals surface area contributed by atoms with Crippen molar-refractivity contribution in [2.45, 2.75) is 25.9 Å². The highest BCUT2D eigenvalue weighted by Crippen LogP contribution is 2.07. The molecule has 0 aliphatic carbocycles. The molecule has 0 aromatic rings. The highest BCUT2D eigenvalue weighted by atomic mass is 16.5. The summed E-state index contributed by atoms with van der Waals surface area (Å²) in [6.07, 6.45) is 1.14. The Kier molecular flexibility index (Phi) is 3.88. The number of carbonyl (C=O) groups is 2. The molecule has 0 aromatic carbocycles. The second kappa shape index (κ2) is 4.95. The summed E-state index contributed by atoms with van der Waals surface area (Å²) in [5.74, 6) is -1.16.